The highest BCUT2D eigenvalue weighted by atomic mass is 35.5. The van der Waals surface area contributed by atoms with Gasteiger partial charge in [-0.2, -0.15) is 0 Å². The molecule has 30 heavy (non-hydrogen) atoms. The van der Waals surface area contributed by atoms with Crippen LogP contribution in [0.15, 0.2) is 42.7 Å². The number of nitrogens with zero attached hydrogens (tertiary/aromatic N) is 2. The van der Waals surface area contributed by atoms with Crippen LogP contribution in [0.5, 0.6) is 0 Å². The van der Waals surface area contributed by atoms with Crippen LogP contribution in [0.3, 0.4) is 0 Å². The third-order valence-corrected chi connectivity index (χ3v) is 6.31. The number of thiazole rings is 1. The van der Waals surface area contributed by atoms with Gasteiger partial charge in [0.2, 0.25) is 0 Å². The Labute approximate surface area is 190 Å². The molecule has 8 heteroatoms. The molecule has 0 spiro atoms. The second-order valence-electron chi connectivity index (χ2n) is 7.50. The average molecular weight is 464 g/mol. The van der Waals surface area contributed by atoms with Crippen molar-refractivity contribution in [2.24, 2.45) is 11.8 Å². The molecule has 5 nitrogen and oxygen atoms in total. The van der Waals surface area contributed by atoms with Crippen molar-refractivity contribution < 1.29 is 9.90 Å². The van der Waals surface area contributed by atoms with E-state index in [0.29, 0.717) is 27.5 Å². The van der Waals surface area contributed by atoms with Crippen molar-refractivity contribution in [1.82, 2.24) is 9.97 Å². The number of nitrogens with one attached hydrogen (secondary N) is 1. The minimum atomic E-state index is -0.852. The Morgan fingerprint density at radius 3 is 2.63 bits per heavy atom. The molecule has 0 saturated carbocycles. The molecule has 0 amide bonds. The maximum atomic E-state index is 11.7. The number of aliphatic carboxylic acids is 1. The van der Waals surface area contributed by atoms with E-state index in [2.05, 4.69) is 24.1 Å². The molecule has 2 heterocycles. The summed E-state index contributed by atoms with van der Waals surface area (Å²) in [6.45, 7) is 4.58. The van der Waals surface area contributed by atoms with E-state index in [-0.39, 0.29) is 6.54 Å². The number of anilines is 1. The summed E-state index contributed by atoms with van der Waals surface area (Å²) in [7, 11) is 0. The average Bonchev–Trinajstić information content (AvgIpc) is 3.09. The van der Waals surface area contributed by atoms with Gasteiger partial charge in [-0.3, -0.25) is 9.78 Å². The van der Waals surface area contributed by atoms with E-state index in [1.54, 1.807) is 29.8 Å². The Balaban J connectivity index is 1.80. The largest absolute Gasteiger partial charge is 0.481 e. The number of hydrogen-bond acceptors (Lipinski definition) is 5. The fourth-order valence-corrected chi connectivity index (χ4v) is 4.57. The Kier molecular flexibility index (Phi) is 7.69. The van der Waals surface area contributed by atoms with Crippen LogP contribution < -0.4 is 5.32 Å². The summed E-state index contributed by atoms with van der Waals surface area (Å²) in [5.41, 5.74) is 2.64. The summed E-state index contributed by atoms with van der Waals surface area (Å²) in [5.74, 6) is -0.979. The minimum Gasteiger partial charge on any atom is -0.481 e. The molecule has 3 aromatic rings. The third kappa shape index (κ3) is 5.94. The molecule has 0 aliphatic rings. The topological polar surface area (TPSA) is 75.1 Å². The molecule has 2 N–H and O–H groups in total. The SMILES string of the molecule is CC(C)Cc1sc(NCC(Cc2cccnc2)C(=O)O)nc1-c1ccc(Cl)c(Cl)c1. The number of carboxylic acids is 1. The Morgan fingerprint density at radius 1 is 1.20 bits per heavy atom. The highest BCUT2D eigenvalue weighted by Gasteiger charge is 2.20. The predicted molar refractivity (Wildman–Crippen MR) is 124 cm³/mol. The van der Waals surface area contributed by atoms with Gasteiger partial charge in [0.1, 0.15) is 0 Å². The standard InChI is InChI=1S/C22H23Cl2N3O2S/c1-13(2)8-19-20(15-5-6-17(23)18(24)10-15)27-22(30-19)26-12-16(21(28)29)9-14-4-3-7-25-11-14/h3-7,10-11,13,16H,8-9,12H2,1-2H3,(H,26,27)(H,28,29). The number of rotatable bonds is 9. The van der Waals surface area contributed by atoms with Crippen molar-refractivity contribution in [3.63, 3.8) is 0 Å². The van der Waals surface area contributed by atoms with Crippen LogP contribution in [0.25, 0.3) is 11.3 Å². The first-order valence-electron chi connectivity index (χ1n) is 9.64. The third-order valence-electron chi connectivity index (χ3n) is 4.54. The van der Waals surface area contributed by atoms with Crippen molar-refractivity contribution in [3.05, 3.63) is 63.2 Å². The van der Waals surface area contributed by atoms with Crippen LogP contribution in [0.2, 0.25) is 10.0 Å². The van der Waals surface area contributed by atoms with Gasteiger partial charge < -0.3 is 10.4 Å². The number of pyridine rings is 1. The second-order valence-corrected chi connectivity index (χ2v) is 9.40. The molecule has 2 aromatic heterocycles. The number of aromatic nitrogens is 2. The van der Waals surface area contributed by atoms with E-state index in [9.17, 15) is 9.90 Å². The first kappa shape index (κ1) is 22.5. The van der Waals surface area contributed by atoms with E-state index < -0.39 is 11.9 Å². The van der Waals surface area contributed by atoms with Gasteiger partial charge in [-0.25, -0.2) is 4.98 Å². The number of benzene rings is 1. The lowest BCUT2D eigenvalue weighted by molar-refractivity contribution is -0.141. The molecular formula is C22H23Cl2N3O2S. The highest BCUT2D eigenvalue weighted by Crippen LogP contribution is 2.35. The van der Waals surface area contributed by atoms with Gasteiger partial charge in [-0.15, -0.1) is 11.3 Å². The smallest absolute Gasteiger partial charge is 0.308 e. The second kappa shape index (κ2) is 10.2. The van der Waals surface area contributed by atoms with Gasteiger partial charge >= 0.3 is 5.97 Å². The lowest BCUT2D eigenvalue weighted by Gasteiger charge is -2.12. The normalized spacial score (nSPS) is 12.2. The molecule has 0 radical (unpaired) electrons. The molecule has 1 aromatic carbocycles. The summed E-state index contributed by atoms with van der Waals surface area (Å²) < 4.78 is 0. The predicted octanol–water partition coefficient (Wildman–Crippen LogP) is 6.07. The van der Waals surface area contributed by atoms with E-state index in [1.807, 2.05) is 24.3 Å². The number of carbonyl (C=O) groups is 1. The van der Waals surface area contributed by atoms with Crippen molar-refractivity contribution in [2.75, 3.05) is 11.9 Å². The summed E-state index contributed by atoms with van der Waals surface area (Å²) in [4.78, 5) is 21.7. The minimum absolute atomic E-state index is 0.277. The van der Waals surface area contributed by atoms with E-state index in [1.165, 1.54) is 0 Å². The van der Waals surface area contributed by atoms with Gasteiger partial charge in [-0.05, 0) is 42.5 Å². The van der Waals surface area contributed by atoms with E-state index >= 15 is 0 Å². The number of hydrogen-bond donors (Lipinski definition) is 2. The molecule has 1 unspecified atom stereocenters. The molecule has 1 atom stereocenters. The van der Waals surface area contributed by atoms with Gasteiger partial charge in [-0.1, -0.05) is 49.2 Å². The zero-order chi connectivity index (χ0) is 21.7. The molecule has 158 valence electrons. The maximum absolute atomic E-state index is 11.7. The summed E-state index contributed by atoms with van der Waals surface area (Å²) >= 11 is 13.8. The summed E-state index contributed by atoms with van der Waals surface area (Å²) in [6, 6.07) is 9.17. The fraction of sp³-hybridized carbons (Fsp3) is 0.318. The monoisotopic (exact) mass is 463 g/mol. The number of carboxylic acid groups (broad SMARTS) is 1. The van der Waals surface area contributed by atoms with Gasteiger partial charge in [0, 0.05) is 29.4 Å². The molecule has 0 bridgehead atoms. The quantitative estimate of drug-likeness (QED) is 0.402. The van der Waals surface area contributed by atoms with E-state index in [4.69, 9.17) is 28.2 Å². The first-order chi connectivity index (χ1) is 14.3. The lowest BCUT2D eigenvalue weighted by atomic mass is 10.0. The van der Waals surface area contributed by atoms with Crippen molar-refractivity contribution in [3.8, 4) is 11.3 Å². The van der Waals surface area contributed by atoms with E-state index in [0.717, 1.165) is 28.1 Å². The zero-order valence-corrected chi connectivity index (χ0v) is 19.1. The molecule has 3 rings (SSSR count). The maximum Gasteiger partial charge on any atom is 0.308 e. The van der Waals surface area contributed by atoms with Crippen molar-refractivity contribution in [2.45, 2.75) is 26.7 Å². The van der Waals surface area contributed by atoms with Gasteiger partial charge in [0.25, 0.3) is 0 Å². The molecule has 0 fully saturated rings. The van der Waals surface area contributed by atoms with Crippen LogP contribution in [-0.4, -0.2) is 27.6 Å². The molecule has 0 aliphatic carbocycles. The molecular weight excluding hydrogens is 441 g/mol. The fourth-order valence-electron chi connectivity index (χ4n) is 3.07. The molecule has 0 saturated heterocycles. The van der Waals surface area contributed by atoms with Crippen LogP contribution in [0.4, 0.5) is 5.13 Å². The summed E-state index contributed by atoms with van der Waals surface area (Å²) in [5, 5.41) is 14.5. The Bertz CT molecular complexity index is 1010. The first-order valence-corrected chi connectivity index (χ1v) is 11.2. The number of halogens is 2. The van der Waals surface area contributed by atoms with Crippen LogP contribution >= 0.6 is 34.5 Å². The van der Waals surface area contributed by atoms with Crippen molar-refractivity contribution in [1.29, 1.82) is 0 Å². The zero-order valence-electron chi connectivity index (χ0n) is 16.7. The van der Waals surface area contributed by atoms with Crippen molar-refractivity contribution >= 4 is 45.6 Å². The molecule has 0 aliphatic heterocycles. The summed E-state index contributed by atoms with van der Waals surface area (Å²) in [6.07, 6.45) is 4.64. The Morgan fingerprint density at radius 2 is 2.00 bits per heavy atom. The van der Waals surface area contributed by atoms with Crippen LogP contribution in [0, 0.1) is 11.8 Å². The van der Waals surface area contributed by atoms with Gasteiger partial charge in [0.15, 0.2) is 5.13 Å². The Hall–Kier alpha value is -2.15. The van der Waals surface area contributed by atoms with Crippen LogP contribution in [0.1, 0.15) is 24.3 Å². The lowest BCUT2D eigenvalue weighted by Crippen LogP contribution is -2.25. The van der Waals surface area contributed by atoms with Gasteiger partial charge in [0.05, 0.1) is 21.7 Å². The highest BCUT2D eigenvalue weighted by molar-refractivity contribution is 7.16. The van der Waals surface area contributed by atoms with Crippen LogP contribution in [-0.2, 0) is 17.6 Å².